The van der Waals surface area contributed by atoms with E-state index >= 15 is 0 Å². The summed E-state index contributed by atoms with van der Waals surface area (Å²) in [5.74, 6) is 2.48. The van der Waals surface area contributed by atoms with Crippen molar-refractivity contribution in [3.8, 4) is 0 Å². The van der Waals surface area contributed by atoms with Gasteiger partial charge in [0.2, 0.25) is 0 Å². The van der Waals surface area contributed by atoms with Crippen LogP contribution in [0.25, 0.3) is 0 Å². The van der Waals surface area contributed by atoms with E-state index in [1.807, 2.05) is 7.05 Å². The zero-order valence-electron chi connectivity index (χ0n) is 11.8. The molecule has 0 saturated heterocycles. The second-order valence-electron chi connectivity index (χ2n) is 4.41. The first kappa shape index (κ1) is 14.0. The van der Waals surface area contributed by atoms with E-state index in [4.69, 9.17) is 5.10 Å². The smallest absolute Gasteiger partial charge is 0.257 e. The molecule has 1 heterocycles. The van der Waals surface area contributed by atoms with Gasteiger partial charge in [-0.05, 0) is 24.9 Å². The van der Waals surface area contributed by atoms with Crippen LogP contribution in [0.15, 0.2) is 0 Å². The Labute approximate surface area is 105 Å². The Morgan fingerprint density at radius 3 is 2.29 bits per heavy atom. The highest BCUT2D eigenvalue weighted by Gasteiger charge is 2.23. The lowest BCUT2D eigenvalue weighted by Crippen LogP contribution is -2.40. The summed E-state index contributed by atoms with van der Waals surface area (Å²) in [6.45, 7) is 7.56. The number of aryl methyl sites for hydroxylation is 2. The summed E-state index contributed by atoms with van der Waals surface area (Å²) >= 11 is 0. The van der Waals surface area contributed by atoms with Crippen LogP contribution in [0.3, 0.4) is 0 Å². The van der Waals surface area contributed by atoms with E-state index in [0.29, 0.717) is 0 Å². The predicted molar refractivity (Wildman–Crippen MR) is 70.6 cm³/mol. The SMILES string of the molecule is CCCCc1n[n+](CC)c(CCCC)n1NC. The monoisotopic (exact) mass is 239 g/mol. The Morgan fingerprint density at radius 2 is 1.76 bits per heavy atom. The van der Waals surface area contributed by atoms with E-state index in [2.05, 4.69) is 35.6 Å². The molecule has 17 heavy (non-hydrogen) atoms. The molecule has 4 nitrogen and oxygen atoms in total. The molecule has 0 spiro atoms. The van der Waals surface area contributed by atoms with Crippen molar-refractivity contribution < 1.29 is 4.68 Å². The highest BCUT2D eigenvalue weighted by Crippen LogP contribution is 2.06. The van der Waals surface area contributed by atoms with Crippen molar-refractivity contribution in [3.05, 3.63) is 11.6 Å². The molecule has 1 rings (SSSR count). The zero-order chi connectivity index (χ0) is 12.7. The van der Waals surface area contributed by atoms with Gasteiger partial charge < -0.3 is 0 Å². The summed E-state index contributed by atoms with van der Waals surface area (Å²) in [6, 6.07) is 0. The third-order valence-corrected chi connectivity index (χ3v) is 3.08. The van der Waals surface area contributed by atoms with Crippen LogP contribution in [-0.2, 0) is 19.4 Å². The molecular weight excluding hydrogens is 212 g/mol. The lowest BCUT2D eigenvalue weighted by atomic mass is 10.2. The van der Waals surface area contributed by atoms with Gasteiger partial charge in [0.05, 0.1) is 6.42 Å². The molecule has 1 aromatic rings. The van der Waals surface area contributed by atoms with Crippen LogP contribution in [-0.4, -0.2) is 16.8 Å². The summed E-state index contributed by atoms with van der Waals surface area (Å²) in [4.78, 5) is 0. The minimum Gasteiger partial charge on any atom is -0.257 e. The minimum atomic E-state index is 0.951. The number of hydrogen-bond donors (Lipinski definition) is 1. The molecule has 1 N–H and O–H groups in total. The molecule has 0 aliphatic rings. The van der Waals surface area contributed by atoms with Crippen LogP contribution < -0.4 is 10.1 Å². The lowest BCUT2D eigenvalue weighted by molar-refractivity contribution is -0.755. The Balaban J connectivity index is 2.93. The van der Waals surface area contributed by atoms with Gasteiger partial charge in [-0.2, -0.15) is 0 Å². The van der Waals surface area contributed by atoms with Crippen LogP contribution in [0.4, 0.5) is 0 Å². The Bertz CT molecular complexity index is 330. The van der Waals surface area contributed by atoms with Crippen molar-refractivity contribution in [1.29, 1.82) is 0 Å². The van der Waals surface area contributed by atoms with Crippen molar-refractivity contribution in [2.24, 2.45) is 0 Å². The first-order chi connectivity index (χ1) is 8.28. The highest BCUT2D eigenvalue weighted by molar-refractivity contribution is 4.94. The van der Waals surface area contributed by atoms with E-state index in [0.717, 1.165) is 19.4 Å². The van der Waals surface area contributed by atoms with Crippen molar-refractivity contribution in [2.75, 3.05) is 12.5 Å². The average Bonchev–Trinajstić information content (AvgIpc) is 2.70. The van der Waals surface area contributed by atoms with E-state index in [1.165, 1.54) is 37.3 Å². The fourth-order valence-corrected chi connectivity index (χ4v) is 2.09. The van der Waals surface area contributed by atoms with Gasteiger partial charge in [0.1, 0.15) is 6.54 Å². The van der Waals surface area contributed by atoms with E-state index in [1.54, 1.807) is 0 Å². The molecular formula is C13H27N4+. The average molecular weight is 239 g/mol. The highest BCUT2D eigenvalue weighted by atomic mass is 15.5. The number of rotatable bonds is 8. The van der Waals surface area contributed by atoms with Gasteiger partial charge >= 0.3 is 5.82 Å². The van der Waals surface area contributed by atoms with Crippen molar-refractivity contribution >= 4 is 0 Å². The first-order valence-electron chi connectivity index (χ1n) is 6.96. The third-order valence-electron chi connectivity index (χ3n) is 3.08. The van der Waals surface area contributed by atoms with E-state index in [-0.39, 0.29) is 0 Å². The fourth-order valence-electron chi connectivity index (χ4n) is 2.09. The third kappa shape index (κ3) is 3.45. The summed E-state index contributed by atoms with van der Waals surface area (Å²) < 4.78 is 4.31. The molecule has 0 unspecified atom stereocenters. The molecule has 0 fully saturated rings. The standard InChI is InChI=1S/C13H27N4/c1-5-8-10-12-15-16(7-3)13(11-9-6-2)17(12)14-4/h14H,5-11H2,1-4H3/q+1. The molecule has 0 radical (unpaired) electrons. The largest absolute Gasteiger partial charge is 0.302 e. The number of unbranched alkanes of at least 4 members (excludes halogenated alkanes) is 2. The summed E-state index contributed by atoms with van der Waals surface area (Å²) in [5.41, 5.74) is 3.27. The van der Waals surface area contributed by atoms with E-state index < -0.39 is 0 Å². The molecule has 0 amide bonds. The number of nitrogens with one attached hydrogen (secondary N) is 1. The molecule has 98 valence electrons. The van der Waals surface area contributed by atoms with Crippen molar-refractivity contribution in [2.45, 2.75) is 65.8 Å². The maximum absolute atomic E-state index is 4.71. The van der Waals surface area contributed by atoms with Crippen molar-refractivity contribution in [1.82, 2.24) is 9.77 Å². The van der Waals surface area contributed by atoms with Gasteiger partial charge in [-0.25, -0.2) is 0 Å². The van der Waals surface area contributed by atoms with Crippen LogP contribution in [0, 0.1) is 0 Å². The maximum Gasteiger partial charge on any atom is 0.302 e. The molecule has 1 aromatic heterocycles. The normalized spacial score (nSPS) is 10.8. The van der Waals surface area contributed by atoms with Gasteiger partial charge in [-0.1, -0.05) is 26.7 Å². The minimum absolute atomic E-state index is 0.951. The summed E-state index contributed by atoms with van der Waals surface area (Å²) in [6.07, 6.45) is 7.03. The van der Waals surface area contributed by atoms with E-state index in [9.17, 15) is 0 Å². The second-order valence-corrected chi connectivity index (χ2v) is 4.41. The fraction of sp³-hybridized carbons (Fsp3) is 0.846. The zero-order valence-corrected chi connectivity index (χ0v) is 11.8. The van der Waals surface area contributed by atoms with Gasteiger partial charge in [-0.15, -0.1) is 9.36 Å². The molecule has 0 aliphatic heterocycles. The van der Waals surface area contributed by atoms with Gasteiger partial charge in [0, 0.05) is 13.5 Å². The number of hydrogen-bond acceptors (Lipinski definition) is 2. The molecule has 4 heteroatoms. The molecule has 0 atom stereocenters. The van der Waals surface area contributed by atoms with Gasteiger partial charge in [0.25, 0.3) is 5.82 Å². The molecule has 0 saturated carbocycles. The lowest BCUT2D eigenvalue weighted by Gasteiger charge is -2.01. The topological polar surface area (TPSA) is 33.7 Å². The Morgan fingerprint density at radius 1 is 1.12 bits per heavy atom. The van der Waals surface area contributed by atoms with Gasteiger partial charge in [-0.3, -0.25) is 5.43 Å². The first-order valence-corrected chi connectivity index (χ1v) is 6.96. The number of aromatic nitrogens is 3. The van der Waals surface area contributed by atoms with Crippen LogP contribution >= 0.6 is 0 Å². The number of nitrogens with zero attached hydrogens (tertiary/aromatic N) is 3. The van der Waals surface area contributed by atoms with Crippen LogP contribution in [0.1, 0.15) is 58.1 Å². The molecule has 0 bridgehead atoms. The van der Waals surface area contributed by atoms with Crippen LogP contribution in [0.5, 0.6) is 0 Å². The van der Waals surface area contributed by atoms with Crippen LogP contribution in [0.2, 0.25) is 0 Å². The summed E-state index contributed by atoms with van der Waals surface area (Å²) in [7, 11) is 1.98. The Hall–Kier alpha value is -1.06. The molecule has 0 aromatic carbocycles. The quantitative estimate of drug-likeness (QED) is 0.704. The Kier molecular flexibility index (Phi) is 6.01. The molecule has 0 aliphatic carbocycles. The maximum atomic E-state index is 4.71. The summed E-state index contributed by atoms with van der Waals surface area (Å²) in [5, 5.41) is 4.71. The second kappa shape index (κ2) is 7.30. The van der Waals surface area contributed by atoms with Gasteiger partial charge in [0.15, 0.2) is 0 Å². The van der Waals surface area contributed by atoms with Crippen molar-refractivity contribution in [3.63, 3.8) is 0 Å². The predicted octanol–water partition coefficient (Wildman–Crippen LogP) is 2.05.